The summed E-state index contributed by atoms with van der Waals surface area (Å²) in [7, 11) is 2.99. The number of nitrogens with one attached hydrogen (secondary N) is 1. The minimum atomic E-state index is -0.403. The first-order valence-electron chi connectivity index (χ1n) is 12.6. The SMILES string of the molecule is CN1CCOC(C=O)C1.CO.NNC(=O)c1cc(-c2ccc(C#Cc3ccc(C=O)cc3)cc2)nc2ccncc12. The van der Waals surface area contributed by atoms with E-state index in [1.807, 2.05) is 43.4 Å². The van der Waals surface area contributed by atoms with Crippen LogP contribution in [0.25, 0.3) is 22.2 Å². The number of hydrazine groups is 1. The van der Waals surface area contributed by atoms with E-state index in [0.29, 0.717) is 34.3 Å². The number of morpholine rings is 1. The van der Waals surface area contributed by atoms with Gasteiger partial charge in [-0.05, 0) is 43.4 Å². The lowest BCUT2D eigenvalue weighted by Gasteiger charge is -2.26. The number of hydrogen-bond donors (Lipinski definition) is 3. The molecule has 10 heteroatoms. The van der Waals surface area contributed by atoms with Gasteiger partial charge >= 0.3 is 0 Å². The van der Waals surface area contributed by atoms with Crippen molar-refractivity contribution in [1.82, 2.24) is 20.3 Å². The molecular formula is C31H31N5O5. The minimum Gasteiger partial charge on any atom is -0.400 e. The Labute approximate surface area is 238 Å². The van der Waals surface area contributed by atoms with E-state index in [2.05, 4.69) is 32.1 Å². The van der Waals surface area contributed by atoms with Crippen LogP contribution in [-0.2, 0) is 9.53 Å². The lowest BCUT2D eigenvalue weighted by atomic mass is 10.0. The molecule has 0 aliphatic carbocycles. The molecule has 4 aromatic rings. The van der Waals surface area contributed by atoms with Gasteiger partial charge in [0.1, 0.15) is 18.7 Å². The Morgan fingerprint density at radius 3 is 2.29 bits per heavy atom. The number of amides is 1. The second-order valence-corrected chi connectivity index (χ2v) is 8.80. The number of nitrogens with two attached hydrogens (primary N) is 1. The number of aldehydes is 2. The summed E-state index contributed by atoms with van der Waals surface area (Å²) in [5.41, 5.74) is 7.01. The van der Waals surface area contributed by atoms with Gasteiger partial charge in [-0.1, -0.05) is 36.1 Å². The van der Waals surface area contributed by atoms with Crippen LogP contribution in [0.3, 0.4) is 0 Å². The van der Waals surface area contributed by atoms with Gasteiger partial charge in [0.15, 0.2) is 0 Å². The Balaban J connectivity index is 0.000000355. The van der Waals surface area contributed by atoms with Gasteiger partial charge in [-0.15, -0.1) is 0 Å². The van der Waals surface area contributed by atoms with Gasteiger partial charge in [0.2, 0.25) is 0 Å². The van der Waals surface area contributed by atoms with Crippen molar-refractivity contribution in [3.05, 3.63) is 95.3 Å². The van der Waals surface area contributed by atoms with Crippen LogP contribution in [0.2, 0.25) is 0 Å². The van der Waals surface area contributed by atoms with Crippen LogP contribution in [0.15, 0.2) is 73.1 Å². The quantitative estimate of drug-likeness (QED) is 0.114. The lowest BCUT2D eigenvalue weighted by molar-refractivity contribution is -0.122. The molecule has 1 unspecified atom stereocenters. The number of benzene rings is 2. The third kappa shape index (κ3) is 8.60. The summed E-state index contributed by atoms with van der Waals surface area (Å²) in [6.07, 6.45) is 4.69. The third-order valence-electron chi connectivity index (χ3n) is 6.01. The van der Waals surface area contributed by atoms with Crippen LogP contribution in [0.4, 0.5) is 0 Å². The smallest absolute Gasteiger partial charge is 0.265 e. The Kier molecular flexibility index (Phi) is 11.8. The fraction of sp³-hybridized carbons (Fsp3) is 0.194. The van der Waals surface area contributed by atoms with Gasteiger partial charge < -0.3 is 19.5 Å². The van der Waals surface area contributed by atoms with E-state index in [4.69, 9.17) is 15.7 Å². The molecule has 1 fully saturated rings. The fourth-order valence-corrected chi connectivity index (χ4v) is 3.89. The van der Waals surface area contributed by atoms with Crippen molar-refractivity contribution >= 4 is 29.4 Å². The molecule has 0 bridgehead atoms. The van der Waals surface area contributed by atoms with Crippen LogP contribution < -0.4 is 11.3 Å². The molecule has 3 heterocycles. The lowest BCUT2D eigenvalue weighted by Crippen LogP contribution is -2.40. The second kappa shape index (κ2) is 15.7. The molecule has 0 radical (unpaired) electrons. The van der Waals surface area contributed by atoms with Gasteiger partial charge in [0.25, 0.3) is 5.91 Å². The number of aromatic nitrogens is 2. The summed E-state index contributed by atoms with van der Waals surface area (Å²) in [4.78, 5) is 43.9. The number of likely N-dealkylation sites (N-methyl/N-ethyl adjacent to an activating group) is 1. The van der Waals surface area contributed by atoms with Crippen LogP contribution in [0.5, 0.6) is 0 Å². The second-order valence-electron chi connectivity index (χ2n) is 8.80. The number of pyridine rings is 2. The first-order valence-corrected chi connectivity index (χ1v) is 12.6. The highest BCUT2D eigenvalue weighted by Gasteiger charge is 2.15. The normalized spacial score (nSPS) is 14.2. The maximum atomic E-state index is 12.2. The highest BCUT2D eigenvalue weighted by Crippen LogP contribution is 2.24. The largest absolute Gasteiger partial charge is 0.400 e. The van der Waals surface area contributed by atoms with Gasteiger partial charge in [-0.25, -0.2) is 10.8 Å². The van der Waals surface area contributed by atoms with Crippen molar-refractivity contribution in [2.24, 2.45) is 5.84 Å². The molecule has 41 heavy (non-hydrogen) atoms. The molecule has 0 spiro atoms. The minimum absolute atomic E-state index is 0.191. The molecule has 1 atom stereocenters. The van der Waals surface area contributed by atoms with Crippen molar-refractivity contribution in [2.75, 3.05) is 33.9 Å². The van der Waals surface area contributed by atoms with E-state index >= 15 is 0 Å². The molecule has 1 amide bonds. The Morgan fingerprint density at radius 1 is 1.07 bits per heavy atom. The predicted molar refractivity (Wildman–Crippen MR) is 156 cm³/mol. The number of nitrogens with zero attached hydrogens (tertiary/aromatic N) is 3. The van der Waals surface area contributed by atoms with E-state index in [0.717, 1.165) is 49.5 Å². The molecule has 2 aromatic carbocycles. The zero-order valence-electron chi connectivity index (χ0n) is 22.8. The fourth-order valence-electron chi connectivity index (χ4n) is 3.89. The molecule has 4 N–H and O–H groups in total. The maximum absolute atomic E-state index is 12.2. The number of fused-ring (bicyclic) bond motifs is 1. The summed E-state index contributed by atoms with van der Waals surface area (Å²) in [5, 5.41) is 7.63. The number of aliphatic hydroxyl groups is 1. The molecule has 1 saturated heterocycles. The average Bonchev–Trinajstić information content (AvgIpc) is 3.04. The zero-order valence-corrected chi connectivity index (χ0v) is 22.8. The Hall–Kier alpha value is -4.79. The van der Waals surface area contributed by atoms with Crippen molar-refractivity contribution in [2.45, 2.75) is 6.10 Å². The maximum Gasteiger partial charge on any atom is 0.265 e. The van der Waals surface area contributed by atoms with Crippen molar-refractivity contribution < 1.29 is 24.2 Å². The summed E-state index contributed by atoms with van der Waals surface area (Å²) in [5.74, 6) is 11.1. The predicted octanol–water partition coefficient (Wildman–Crippen LogP) is 2.24. The van der Waals surface area contributed by atoms with Gasteiger partial charge in [-0.3, -0.25) is 20.0 Å². The zero-order chi connectivity index (χ0) is 29.6. The average molecular weight is 554 g/mol. The number of rotatable bonds is 4. The van der Waals surface area contributed by atoms with Gasteiger partial charge in [-0.2, -0.15) is 0 Å². The number of nitrogen functional groups attached to an aromatic ring is 1. The molecule has 0 saturated carbocycles. The first-order chi connectivity index (χ1) is 20.0. The summed E-state index contributed by atoms with van der Waals surface area (Å²) >= 11 is 0. The molecule has 210 valence electrons. The molecule has 1 aliphatic rings. The Bertz CT molecular complexity index is 1530. The highest BCUT2D eigenvalue weighted by atomic mass is 16.5. The number of hydrogen-bond acceptors (Lipinski definition) is 9. The van der Waals surface area contributed by atoms with E-state index in [1.54, 1.807) is 36.7 Å². The van der Waals surface area contributed by atoms with E-state index in [-0.39, 0.29) is 6.10 Å². The van der Waals surface area contributed by atoms with Crippen LogP contribution in [-0.4, -0.2) is 78.4 Å². The molecule has 2 aromatic heterocycles. The molecule has 1 aliphatic heterocycles. The number of carbonyl (C=O) groups is 3. The molecular weight excluding hydrogens is 522 g/mol. The Morgan fingerprint density at radius 2 is 1.73 bits per heavy atom. The first kappa shape index (κ1) is 30.7. The monoisotopic (exact) mass is 553 g/mol. The van der Waals surface area contributed by atoms with Gasteiger partial charge in [0, 0.05) is 60.2 Å². The van der Waals surface area contributed by atoms with E-state index in [9.17, 15) is 14.4 Å². The van der Waals surface area contributed by atoms with Crippen molar-refractivity contribution in [3.8, 4) is 23.1 Å². The standard InChI is InChI=1S/C24H16N4O2.C6H11NO2.CH4O/c25-28-24(30)20-13-23(27-22-11-12-26-14-21(20)22)19-9-7-17(8-10-19)2-1-16-3-5-18(15-29)6-4-16;1-7-2-3-9-6(4-7)5-8;1-2/h3-15H,25H2,(H,28,30);5-6H,2-4H2,1H3;2H,1H3. The van der Waals surface area contributed by atoms with Crippen LogP contribution >= 0.6 is 0 Å². The van der Waals surface area contributed by atoms with E-state index < -0.39 is 5.91 Å². The van der Waals surface area contributed by atoms with Crippen LogP contribution in [0.1, 0.15) is 31.8 Å². The summed E-state index contributed by atoms with van der Waals surface area (Å²) in [6, 6.07) is 18.1. The van der Waals surface area contributed by atoms with Crippen molar-refractivity contribution in [1.29, 1.82) is 0 Å². The molecule has 10 nitrogen and oxygen atoms in total. The molecule has 5 rings (SSSR count). The topological polar surface area (TPSA) is 148 Å². The van der Waals surface area contributed by atoms with Crippen molar-refractivity contribution in [3.63, 3.8) is 0 Å². The highest BCUT2D eigenvalue weighted by molar-refractivity contribution is 6.06. The number of aliphatic hydroxyl groups excluding tert-OH is 1. The van der Waals surface area contributed by atoms with Crippen LogP contribution in [0, 0.1) is 11.8 Å². The summed E-state index contributed by atoms with van der Waals surface area (Å²) in [6.45, 7) is 2.35. The number of ether oxygens (including phenoxy) is 1. The van der Waals surface area contributed by atoms with Gasteiger partial charge in [0.05, 0.1) is 23.4 Å². The number of carbonyl (C=O) groups excluding carboxylic acids is 3. The van der Waals surface area contributed by atoms with E-state index in [1.165, 1.54) is 0 Å². The summed E-state index contributed by atoms with van der Waals surface area (Å²) < 4.78 is 5.09. The third-order valence-corrected chi connectivity index (χ3v) is 6.01.